The summed E-state index contributed by atoms with van der Waals surface area (Å²) in [5, 5.41) is 11.6. The maximum Gasteiger partial charge on any atom is 0.261 e. The van der Waals surface area contributed by atoms with Gasteiger partial charge in [0.15, 0.2) is 6.61 Å². The molecule has 0 aromatic heterocycles. The van der Waals surface area contributed by atoms with Crippen molar-refractivity contribution in [3.05, 3.63) is 59.7 Å². The number of hydrogen-bond acceptors (Lipinski definition) is 5. The number of amides is 2. The number of nitrogens with one attached hydrogen (secondary N) is 1. The smallest absolute Gasteiger partial charge is 0.261 e. The van der Waals surface area contributed by atoms with Gasteiger partial charge in [0.2, 0.25) is 5.91 Å². The molecule has 1 saturated heterocycles. The predicted octanol–water partition coefficient (Wildman–Crippen LogP) is 2.79. The molecule has 2 aromatic carbocycles. The maximum absolute atomic E-state index is 12.6. The number of ether oxygens (including phenoxy) is 1. The summed E-state index contributed by atoms with van der Waals surface area (Å²) >= 11 is 1.53. The number of carbonyl (C=O) groups excluding carboxylic acids is 2. The zero-order valence-electron chi connectivity index (χ0n) is 14.8. The minimum atomic E-state index is -0.542. The first-order valence-electron chi connectivity index (χ1n) is 8.44. The predicted molar refractivity (Wildman–Crippen MR) is 104 cm³/mol. The van der Waals surface area contributed by atoms with Crippen molar-refractivity contribution in [2.45, 2.75) is 13.0 Å². The summed E-state index contributed by atoms with van der Waals surface area (Å²) in [6.07, 6.45) is 0. The molecule has 138 valence electrons. The first-order valence-corrected chi connectivity index (χ1v) is 9.60. The fourth-order valence-electron chi connectivity index (χ4n) is 2.62. The van der Waals surface area contributed by atoms with Crippen LogP contribution < -0.4 is 10.1 Å². The topological polar surface area (TPSA) is 82.4 Å². The first kappa shape index (κ1) is 18.8. The molecule has 1 unspecified atom stereocenters. The van der Waals surface area contributed by atoms with E-state index in [1.165, 1.54) is 16.7 Å². The summed E-state index contributed by atoms with van der Waals surface area (Å²) in [4.78, 5) is 26.6. The zero-order valence-corrected chi connectivity index (χ0v) is 15.7. The summed E-state index contributed by atoms with van der Waals surface area (Å²) in [6, 6.07) is 15.6. The van der Waals surface area contributed by atoms with Crippen molar-refractivity contribution in [1.82, 2.24) is 4.90 Å². The molecule has 2 aromatic rings. The van der Waals surface area contributed by atoms with Crippen LogP contribution >= 0.6 is 11.8 Å². The Balaban J connectivity index is 1.58. The number of nitriles is 1. The van der Waals surface area contributed by atoms with Gasteiger partial charge in [0.1, 0.15) is 11.8 Å². The summed E-state index contributed by atoms with van der Waals surface area (Å²) in [7, 11) is 0. The lowest BCUT2D eigenvalue weighted by Crippen LogP contribution is -2.46. The van der Waals surface area contributed by atoms with Crippen molar-refractivity contribution < 1.29 is 14.3 Å². The standard InChI is InChI=1S/C20H19N3O3S/c1-14-2-8-17(9-3-14)26-11-19(24)23-13-27-12-18(23)20(25)22-16-6-4-15(10-21)5-7-16/h2-9,18H,11-13H2,1H3,(H,22,25). The van der Waals surface area contributed by atoms with Gasteiger partial charge in [-0.05, 0) is 43.3 Å². The Bertz CT molecular complexity index is 860. The number of rotatable bonds is 5. The Morgan fingerprint density at radius 1 is 1.22 bits per heavy atom. The van der Waals surface area contributed by atoms with Gasteiger partial charge in [-0.15, -0.1) is 11.8 Å². The lowest BCUT2D eigenvalue weighted by atomic mass is 10.2. The molecule has 0 aliphatic carbocycles. The van der Waals surface area contributed by atoms with E-state index in [0.717, 1.165) is 5.56 Å². The molecule has 1 aliphatic rings. The van der Waals surface area contributed by atoms with Gasteiger partial charge in [-0.3, -0.25) is 9.59 Å². The van der Waals surface area contributed by atoms with Crippen LogP contribution in [0.15, 0.2) is 48.5 Å². The van der Waals surface area contributed by atoms with Crippen LogP contribution in [-0.2, 0) is 9.59 Å². The van der Waals surface area contributed by atoms with E-state index in [-0.39, 0.29) is 18.4 Å². The third kappa shape index (κ3) is 4.80. The maximum atomic E-state index is 12.6. The van der Waals surface area contributed by atoms with Gasteiger partial charge in [0, 0.05) is 11.4 Å². The molecule has 1 atom stereocenters. The number of aryl methyl sites for hydroxylation is 1. The van der Waals surface area contributed by atoms with Gasteiger partial charge in [0.05, 0.1) is 17.5 Å². The van der Waals surface area contributed by atoms with Crippen LogP contribution in [0.2, 0.25) is 0 Å². The Morgan fingerprint density at radius 3 is 2.59 bits per heavy atom. The third-order valence-corrected chi connectivity index (χ3v) is 5.18. The molecule has 0 bridgehead atoms. The van der Waals surface area contributed by atoms with Crippen molar-refractivity contribution in [2.75, 3.05) is 23.6 Å². The highest BCUT2D eigenvalue weighted by atomic mass is 32.2. The molecule has 3 rings (SSSR count). The number of hydrogen-bond donors (Lipinski definition) is 1. The molecule has 0 spiro atoms. The van der Waals surface area contributed by atoms with E-state index in [4.69, 9.17) is 10.00 Å². The molecular formula is C20H19N3O3S. The second-order valence-corrected chi connectivity index (χ2v) is 7.16. The van der Waals surface area contributed by atoms with Crippen LogP contribution in [0.25, 0.3) is 0 Å². The average Bonchev–Trinajstić information content (AvgIpc) is 3.18. The van der Waals surface area contributed by atoms with Crippen LogP contribution in [0, 0.1) is 18.3 Å². The molecular weight excluding hydrogens is 362 g/mol. The first-order chi connectivity index (χ1) is 13.1. The highest BCUT2D eigenvalue weighted by Gasteiger charge is 2.34. The van der Waals surface area contributed by atoms with E-state index in [2.05, 4.69) is 5.32 Å². The van der Waals surface area contributed by atoms with Gasteiger partial charge >= 0.3 is 0 Å². The fourth-order valence-corrected chi connectivity index (χ4v) is 3.80. The molecule has 27 heavy (non-hydrogen) atoms. The number of thioether (sulfide) groups is 1. The quantitative estimate of drug-likeness (QED) is 0.861. The van der Waals surface area contributed by atoms with Crippen molar-refractivity contribution in [3.8, 4) is 11.8 Å². The monoisotopic (exact) mass is 381 g/mol. The number of nitrogens with zero attached hydrogens (tertiary/aromatic N) is 2. The summed E-state index contributed by atoms with van der Waals surface area (Å²) < 4.78 is 5.54. The molecule has 1 N–H and O–H groups in total. The van der Waals surface area contributed by atoms with Crippen LogP contribution in [0.5, 0.6) is 5.75 Å². The minimum Gasteiger partial charge on any atom is -0.484 e. The fraction of sp³-hybridized carbons (Fsp3) is 0.250. The molecule has 6 nitrogen and oxygen atoms in total. The Hall–Kier alpha value is -2.98. The summed E-state index contributed by atoms with van der Waals surface area (Å²) in [5.41, 5.74) is 2.23. The van der Waals surface area contributed by atoms with Crippen molar-refractivity contribution in [1.29, 1.82) is 5.26 Å². The van der Waals surface area contributed by atoms with Crippen molar-refractivity contribution in [2.24, 2.45) is 0 Å². The molecule has 1 fully saturated rings. The number of anilines is 1. The second-order valence-electron chi connectivity index (χ2n) is 6.16. The van der Waals surface area contributed by atoms with Crippen LogP contribution in [-0.4, -0.2) is 41.0 Å². The lowest BCUT2D eigenvalue weighted by molar-refractivity contribution is -0.137. The normalized spacial score (nSPS) is 15.9. The largest absolute Gasteiger partial charge is 0.484 e. The van der Waals surface area contributed by atoms with Gasteiger partial charge in [-0.1, -0.05) is 17.7 Å². The molecule has 7 heteroatoms. The Labute approximate surface area is 162 Å². The lowest BCUT2D eigenvalue weighted by Gasteiger charge is -2.23. The van der Waals surface area contributed by atoms with Gasteiger partial charge in [-0.2, -0.15) is 5.26 Å². The average molecular weight is 381 g/mol. The van der Waals surface area contributed by atoms with E-state index >= 15 is 0 Å². The van der Waals surface area contributed by atoms with E-state index in [0.29, 0.717) is 28.6 Å². The molecule has 2 amide bonds. The Kier molecular flexibility index (Phi) is 5.99. The Morgan fingerprint density at radius 2 is 1.93 bits per heavy atom. The van der Waals surface area contributed by atoms with Crippen LogP contribution in [0.3, 0.4) is 0 Å². The minimum absolute atomic E-state index is 0.107. The summed E-state index contributed by atoms with van der Waals surface area (Å²) in [6.45, 7) is 1.87. The summed E-state index contributed by atoms with van der Waals surface area (Å²) in [5.74, 6) is 1.16. The van der Waals surface area contributed by atoms with Crippen molar-refractivity contribution in [3.63, 3.8) is 0 Å². The van der Waals surface area contributed by atoms with Gasteiger partial charge < -0.3 is 15.0 Å². The van der Waals surface area contributed by atoms with Gasteiger partial charge in [-0.25, -0.2) is 0 Å². The number of benzene rings is 2. The zero-order chi connectivity index (χ0) is 19.2. The SMILES string of the molecule is Cc1ccc(OCC(=O)N2CSCC2C(=O)Nc2ccc(C#N)cc2)cc1. The van der Waals surface area contributed by atoms with E-state index < -0.39 is 6.04 Å². The highest BCUT2D eigenvalue weighted by Crippen LogP contribution is 2.23. The molecule has 0 saturated carbocycles. The highest BCUT2D eigenvalue weighted by molar-refractivity contribution is 7.99. The van der Waals surface area contributed by atoms with E-state index in [1.54, 1.807) is 24.3 Å². The molecule has 1 aliphatic heterocycles. The van der Waals surface area contributed by atoms with Crippen molar-refractivity contribution >= 4 is 29.3 Å². The van der Waals surface area contributed by atoms with E-state index in [1.807, 2.05) is 37.3 Å². The third-order valence-electron chi connectivity index (χ3n) is 4.17. The second kappa shape index (κ2) is 8.60. The molecule has 1 heterocycles. The number of carbonyl (C=O) groups is 2. The van der Waals surface area contributed by atoms with Gasteiger partial charge in [0.25, 0.3) is 5.91 Å². The molecule has 0 radical (unpaired) electrons. The van der Waals surface area contributed by atoms with Crippen LogP contribution in [0.4, 0.5) is 5.69 Å². The van der Waals surface area contributed by atoms with Crippen LogP contribution in [0.1, 0.15) is 11.1 Å². The van der Waals surface area contributed by atoms with E-state index in [9.17, 15) is 9.59 Å².